The zero-order valence-corrected chi connectivity index (χ0v) is 7.12. The summed E-state index contributed by atoms with van der Waals surface area (Å²) >= 11 is 0. The first-order chi connectivity index (χ1) is 5.70. The smallest absolute Gasteiger partial charge is 0.247 e. The molecule has 0 aromatic carbocycles. The first-order valence-electron chi connectivity index (χ1n) is 4.38. The summed E-state index contributed by atoms with van der Waals surface area (Å²) in [6.45, 7) is 1.15. The molecule has 12 heavy (non-hydrogen) atoms. The Bertz CT molecular complexity index is 157. The zero-order valence-electron chi connectivity index (χ0n) is 7.12. The van der Waals surface area contributed by atoms with Crippen LogP contribution in [0, 0.1) is 5.92 Å². The van der Waals surface area contributed by atoms with Crippen LogP contribution in [0.1, 0.15) is 19.3 Å². The van der Waals surface area contributed by atoms with Gasteiger partial charge in [-0.25, -0.2) is 0 Å². The van der Waals surface area contributed by atoms with Gasteiger partial charge in [-0.3, -0.25) is 4.79 Å². The number of hydrogen-bond donors (Lipinski definition) is 3. The molecule has 0 aliphatic heterocycles. The number of aliphatic hydroxyl groups excluding tert-OH is 1. The van der Waals surface area contributed by atoms with E-state index in [4.69, 9.17) is 10.8 Å². The Morgan fingerprint density at radius 1 is 1.67 bits per heavy atom. The third-order valence-corrected chi connectivity index (χ3v) is 2.09. The predicted octanol–water partition coefficient (Wildman–Crippen LogP) is -0.778. The van der Waals surface area contributed by atoms with Crippen LogP contribution >= 0.6 is 0 Å². The van der Waals surface area contributed by atoms with Gasteiger partial charge in [-0.05, 0) is 18.9 Å². The second-order valence-corrected chi connectivity index (χ2v) is 3.35. The maximum atomic E-state index is 10.4. The molecule has 70 valence electrons. The van der Waals surface area contributed by atoms with Gasteiger partial charge in [0.05, 0.1) is 0 Å². The molecule has 0 spiro atoms. The molecular weight excluding hydrogens is 156 g/mol. The maximum absolute atomic E-state index is 10.4. The Morgan fingerprint density at radius 3 is 2.83 bits per heavy atom. The molecular formula is C8H16N2O2. The predicted molar refractivity (Wildman–Crippen MR) is 45.4 cm³/mol. The van der Waals surface area contributed by atoms with Crippen molar-refractivity contribution in [1.29, 1.82) is 0 Å². The van der Waals surface area contributed by atoms with Gasteiger partial charge in [0.25, 0.3) is 0 Å². The number of carbonyl (C=O) groups is 1. The van der Waals surface area contributed by atoms with Crippen molar-refractivity contribution >= 4 is 5.91 Å². The normalized spacial score (nSPS) is 19.1. The van der Waals surface area contributed by atoms with Gasteiger partial charge in [0.1, 0.15) is 6.10 Å². The first kappa shape index (κ1) is 9.48. The lowest BCUT2D eigenvalue weighted by Crippen LogP contribution is -2.37. The minimum Gasteiger partial charge on any atom is -0.382 e. The Morgan fingerprint density at radius 2 is 2.33 bits per heavy atom. The van der Waals surface area contributed by atoms with Gasteiger partial charge in [-0.15, -0.1) is 0 Å². The number of nitrogens with one attached hydrogen (secondary N) is 1. The number of aliphatic hydroxyl groups is 1. The van der Waals surface area contributed by atoms with Crippen molar-refractivity contribution < 1.29 is 9.90 Å². The van der Waals surface area contributed by atoms with Crippen molar-refractivity contribution in [2.24, 2.45) is 11.7 Å². The van der Waals surface area contributed by atoms with E-state index in [1.54, 1.807) is 0 Å². The van der Waals surface area contributed by atoms with E-state index in [1.807, 2.05) is 0 Å². The molecule has 1 fully saturated rings. The lowest BCUT2D eigenvalue weighted by Gasteiger charge is -2.07. The quantitative estimate of drug-likeness (QED) is 0.460. The number of hydrogen-bond acceptors (Lipinski definition) is 3. The minimum absolute atomic E-state index is 0.280. The fourth-order valence-corrected chi connectivity index (χ4v) is 1.05. The molecule has 4 nitrogen and oxygen atoms in total. The average molecular weight is 172 g/mol. The summed E-state index contributed by atoms with van der Waals surface area (Å²) in [5.74, 6) is 0.220. The largest absolute Gasteiger partial charge is 0.382 e. The second-order valence-electron chi connectivity index (χ2n) is 3.35. The Kier molecular flexibility index (Phi) is 3.49. The van der Waals surface area contributed by atoms with Crippen LogP contribution in [0.15, 0.2) is 0 Å². The van der Waals surface area contributed by atoms with Crippen LogP contribution in [0.4, 0.5) is 0 Å². The molecule has 4 N–H and O–H groups in total. The van der Waals surface area contributed by atoms with Crippen LogP contribution in [-0.4, -0.2) is 30.2 Å². The van der Waals surface area contributed by atoms with Gasteiger partial charge in [-0.1, -0.05) is 12.8 Å². The van der Waals surface area contributed by atoms with Crippen LogP contribution < -0.4 is 11.1 Å². The third-order valence-electron chi connectivity index (χ3n) is 2.09. The molecule has 1 aliphatic rings. The van der Waals surface area contributed by atoms with Crippen molar-refractivity contribution in [3.63, 3.8) is 0 Å². The summed E-state index contributed by atoms with van der Waals surface area (Å²) in [4.78, 5) is 10.4. The van der Waals surface area contributed by atoms with E-state index in [1.165, 1.54) is 12.8 Å². The van der Waals surface area contributed by atoms with Crippen LogP contribution in [0.5, 0.6) is 0 Å². The van der Waals surface area contributed by atoms with Crippen molar-refractivity contribution in [2.75, 3.05) is 13.1 Å². The standard InChI is InChI=1S/C8H16N2O2/c9-8(12)7(11)5-10-4-3-6-1-2-6/h6-7,10-11H,1-5H2,(H2,9,12). The molecule has 1 unspecified atom stereocenters. The number of nitrogens with two attached hydrogens (primary N) is 1. The van der Waals surface area contributed by atoms with Crippen LogP contribution in [0.25, 0.3) is 0 Å². The molecule has 0 radical (unpaired) electrons. The Hall–Kier alpha value is -0.610. The molecule has 0 aromatic rings. The van der Waals surface area contributed by atoms with Gasteiger partial charge in [0.2, 0.25) is 5.91 Å². The molecule has 1 aliphatic carbocycles. The topological polar surface area (TPSA) is 75.4 Å². The first-order valence-corrected chi connectivity index (χ1v) is 4.38. The van der Waals surface area contributed by atoms with Gasteiger partial charge in [-0.2, -0.15) is 0 Å². The summed E-state index contributed by atoms with van der Waals surface area (Å²) in [5, 5.41) is 12.0. The lowest BCUT2D eigenvalue weighted by molar-refractivity contribution is -0.125. The average Bonchev–Trinajstić information content (AvgIpc) is 2.80. The highest BCUT2D eigenvalue weighted by Crippen LogP contribution is 2.31. The minimum atomic E-state index is -1.04. The molecule has 4 heteroatoms. The zero-order chi connectivity index (χ0) is 8.97. The summed E-state index contributed by atoms with van der Waals surface area (Å²) in [6.07, 6.45) is 2.77. The third kappa shape index (κ3) is 3.69. The van der Waals surface area contributed by atoms with E-state index in [0.29, 0.717) is 0 Å². The molecule has 0 bridgehead atoms. The highest BCUT2D eigenvalue weighted by atomic mass is 16.3. The van der Waals surface area contributed by atoms with Crippen molar-refractivity contribution in [2.45, 2.75) is 25.4 Å². The SMILES string of the molecule is NC(=O)C(O)CNCCC1CC1. The number of amides is 1. The summed E-state index contributed by atoms with van der Waals surface area (Å²) in [6, 6.07) is 0. The van der Waals surface area contributed by atoms with E-state index >= 15 is 0 Å². The van der Waals surface area contributed by atoms with Crippen LogP contribution in [0.2, 0.25) is 0 Å². The molecule has 1 saturated carbocycles. The van der Waals surface area contributed by atoms with E-state index in [9.17, 15) is 4.79 Å². The van der Waals surface area contributed by atoms with Crippen molar-refractivity contribution in [3.05, 3.63) is 0 Å². The fraction of sp³-hybridized carbons (Fsp3) is 0.875. The summed E-state index contributed by atoms with van der Waals surface area (Å²) < 4.78 is 0. The highest BCUT2D eigenvalue weighted by molar-refractivity contribution is 5.78. The lowest BCUT2D eigenvalue weighted by atomic mass is 10.3. The molecule has 1 amide bonds. The molecule has 0 heterocycles. The van der Waals surface area contributed by atoms with Gasteiger partial charge >= 0.3 is 0 Å². The summed E-state index contributed by atoms with van der Waals surface area (Å²) in [7, 11) is 0. The van der Waals surface area contributed by atoms with Crippen LogP contribution in [-0.2, 0) is 4.79 Å². The summed E-state index contributed by atoms with van der Waals surface area (Å²) in [5.41, 5.74) is 4.86. The number of rotatable bonds is 6. The van der Waals surface area contributed by atoms with Crippen molar-refractivity contribution in [1.82, 2.24) is 5.32 Å². The van der Waals surface area contributed by atoms with Gasteiger partial charge in [0.15, 0.2) is 0 Å². The van der Waals surface area contributed by atoms with E-state index in [-0.39, 0.29) is 6.54 Å². The van der Waals surface area contributed by atoms with E-state index < -0.39 is 12.0 Å². The van der Waals surface area contributed by atoms with E-state index in [2.05, 4.69) is 5.32 Å². The number of carbonyl (C=O) groups excluding carboxylic acids is 1. The van der Waals surface area contributed by atoms with Gasteiger partial charge in [0, 0.05) is 6.54 Å². The van der Waals surface area contributed by atoms with E-state index in [0.717, 1.165) is 18.9 Å². The maximum Gasteiger partial charge on any atom is 0.247 e. The molecule has 1 rings (SSSR count). The monoisotopic (exact) mass is 172 g/mol. The molecule has 0 aromatic heterocycles. The van der Waals surface area contributed by atoms with Crippen LogP contribution in [0.3, 0.4) is 0 Å². The fourth-order valence-electron chi connectivity index (χ4n) is 1.05. The second kappa shape index (κ2) is 4.42. The number of primary amides is 1. The molecule has 1 atom stereocenters. The highest BCUT2D eigenvalue weighted by Gasteiger charge is 2.20. The Labute approximate surface area is 72.1 Å². The molecule has 0 saturated heterocycles. The Balaban J connectivity index is 1.89. The van der Waals surface area contributed by atoms with Gasteiger partial charge < -0.3 is 16.2 Å². The van der Waals surface area contributed by atoms with Crippen molar-refractivity contribution in [3.8, 4) is 0 Å².